The van der Waals surface area contributed by atoms with Gasteiger partial charge in [-0.2, -0.15) is 0 Å². The molecular formula is C27H21FN4O3. The van der Waals surface area contributed by atoms with Crippen LogP contribution in [0.5, 0.6) is 0 Å². The molecule has 0 spiro atoms. The molecule has 0 radical (unpaired) electrons. The molecule has 3 heterocycles. The van der Waals surface area contributed by atoms with Gasteiger partial charge in [0.05, 0.1) is 11.3 Å². The first kappa shape index (κ1) is 22.1. The molecule has 1 aliphatic heterocycles. The maximum atomic E-state index is 13.2. The standard InChI is InChI=1S/C27H21FN4O3/c1-15-12-16(2)29-23(15)14-22-20-10-7-18(13-24(20)31-26(22)34)30-25(33)21-4-3-11-32(27(21)35)19-8-5-17(28)6-9-19/h3-14,29H,1-2H3,(H,30,33)(H,31,34)/b22-14-. The minimum absolute atomic E-state index is 0.0699. The van der Waals surface area contributed by atoms with Crippen LogP contribution in [0, 0.1) is 19.7 Å². The van der Waals surface area contributed by atoms with E-state index in [9.17, 15) is 18.8 Å². The van der Waals surface area contributed by atoms with Gasteiger partial charge in [-0.3, -0.25) is 19.0 Å². The summed E-state index contributed by atoms with van der Waals surface area (Å²) in [4.78, 5) is 41.6. The summed E-state index contributed by atoms with van der Waals surface area (Å²) in [6.45, 7) is 3.92. The smallest absolute Gasteiger partial charge is 0.267 e. The largest absolute Gasteiger partial charge is 0.359 e. The minimum atomic E-state index is -0.594. The van der Waals surface area contributed by atoms with Gasteiger partial charge in [0.15, 0.2) is 0 Å². The maximum absolute atomic E-state index is 13.2. The molecule has 4 aromatic rings. The molecule has 8 heteroatoms. The summed E-state index contributed by atoms with van der Waals surface area (Å²) in [5.74, 6) is -1.25. The zero-order valence-corrected chi connectivity index (χ0v) is 19.0. The summed E-state index contributed by atoms with van der Waals surface area (Å²) in [5.41, 5.74) is 4.98. The topological polar surface area (TPSA) is 96.0 Å². The van der Waals surface area contributed by atoms with E-state index in [0.717, 1.165) is 22.5 Å². The molecule has 1 aliphatic rings. The molecule has 0 fully saturated rings. The summed E-state index contributed by atoms with van der Waals surface area (Å²) in [6, 6.07) is 15.5. The lowest BCUT2D eigenvalue weighted by Gasteiger charge is -2.10. The lowest BCUT2D eigenvalue weighted by molar-refractivity contribution is -0.110. The molecule has 0 saturated carbocycles. The van der Waals surface area contributed by atoms with Crippen LogP contribution in [0.4, 0.5) is 15.8 Å². The molecule has 0 unspecified atom stereocenters. The lowest BCUT2D eigenvalue weighted by atomic mass is 10.0. The summed E-state index contributed by atoms with van der Waals surface area (Å²) in [7, 11) is 0. The third-order valence-electron chi connectivity index (χ3n) is 5.84. The van der Waals surface area contributed by atoms with Crippen LogP contribution in [0.15, 0.2) is 71.7 Å². The van der Waals surface area contributed by atoms with Crippen molar-refractivity contribution in [1.82, 2.24) is 9.55 Å². The van der Waals surface area contributed by atoms with Crippen LogP contribution in [-0.2, 0) is 4.79 Å². The highest BCUT2D eigenvalue weighted by atomic mass is 19.1. The molecule has 2 amide bonds. The summed E-state index contributed by atoms with van der Waals surface area (Å²) < 4.78 is 14.5. The lowest BCUT2D eigenvalue weighted by Crippen LogP contribution is -2.27. The number of aryl methyl sites for hydroxylation is 2. The van der Waals surface area contributed by atoms with Gasteiger partial charge in [0.25, 0.3) is 17.4 Å². The van der Waals surface area contributed by atoms with Crippen molar-refractivity contribution in [1.29, 1.82) is 0 Å². The van der Waals surface area contributed by atoms with Crippen molar-refractivity contribution in [3.05, 3.63) is 111 Å². The van der Waals surface area contributed by atoms with Crippen molar-refractivity contribution < 1.29 is 14.0 Å². The quantitative estimate of drug-likeness (QED) is 0.380. The maximum Gasteiger partial charge on any atom is 0.267 e. The van der Waals surface area contributed by atoms with Gasteiger partial charge in [0.2, 0.25) is 0 Å². The number of carbonyl (C=O) groups is 2. The van der Waals surface area contributed by atoms with Crippen LogP contribution in [0.2, 0.25) is 0 Å². The van der Waals surface area contributed by atoms with Crippen molar-refractivity contribution >= 4 is 34.8 Å². The Morgan fingerprint density at radius 2 is 1.80 bits per heavy atom. The number of fused-ring (bicyclic) bond motifs is 1. The highest BCUT2D eigenvalue weighted by Gasteiger charge is 2.25. The monoisotopic (exact) mass is 468 g/mol. The van der Waals surface area contributed by atoms with Crippen LogP contribution in [0.1, 0.15) is 32.9 Å². The van der Waals surface area contributed by atoms with Gasteiger partial charge in [0.1, 0.15) is 11.4 Å². The Morgan fingerprint density at radius 3 is 2.51 bits per heavy atom. The van der Waals surface area contributed by atoms with E-state index in [-0.39, 0.29) is 11.5 Å². The SMILES string of the molecule is Cc1cc(C)c(/C=C2\C(=O)Nc3cc(NC(=O)c4cccn(-c5ccc(F)cc5)c4=O)ccc32)[nH]1. The van der Waals surface area contributed by atoms with E-state index in [1.54, 1.807) is 24.3 Å². The van der Waals surface area contributed by atoms with E-state index < -0.39 is 17.3 Å². The number of pyridine rings is 1. The average Bonchev–Trinajstić information content (AvgIpc) is 3.31. The normalized spacial score (nSPS) is 13.6. The van der Waals surface area contributed by atoms with E-state index in [4.69, 9.17) is 0 Å². The number of aromatic amines is 1. The molecule has 35 heavy (non-hydrogen) atoms. The van der Waals surface area contributed by atoms with Crippen molar-refractivity contribution in [3.8, 4) is 5.69 Å². The second-order valence-corrected chi connectivity index (χ2v) is 8.35. The summed E-state index contributed by atoms with van der Waals surface area (Å²) >= 11 is 0. The second kappa shape index (κ2) is 8.57. The zero-order chi connectivity index (χ0) is 24.7. The fraction of sp³-hybridized carbons (Fsp3) is 0.0741. The Labute approximate surface area is 199 Å². The third-order valence-corrected chi connectivity index (χ3v) is 5.84. The van der Waals surface area contributed by atoms with Gasteiger partial charge in [-0.05, 0) is 80.1 Å². The molecule has 3 N–H and O–H groups in total. The number of benzene rings is 2. The number of carbonyl (C=O) groups excluding carboxylic acids is 2. The van der Waals surface area contributed by atoms with Gasteiger partial charge in [0, 0.05) is 34.5 Å². The van der Waals surface area contributed by atoms with Crippen molar-refractivity contribution in [2.75, 3.05) is 10.6 Å². The first-order valence-corrected chi connectivity index (χ1v) is 10.9. The molecule has 0 saturated heterocycles. The Morgan fingerprint density at radius 1 is 1.03 bits per heavy atom. The van der Waals surface area contributed by atoms with Crippen LogP contribution < -0.4 is 16.2 Å². The first-order chi connectivity index (χ1) is 16.8. The number of nitrogens with zero attached hydrogens (tertiary/aromatic N) is 1. The molecule has 0 atom stereocenters. The number of nitrogens with one attached hydrogen (secondary N) is 3. The molecule has 7 nitrogen and oxygen atoms in total. The Hall–Kier alpha value is -4.72. The van der Waals surface area contributed by atoms with E-state index in [2.05, 4.69) is 15.6 Å². The number of amides is 2. The van der Waals surface area contributed by atoms with Crippen LogP contribution in [0.25, 0.3) is 17.3 Å². The first-order valence-electron chi connectivity index (χ1n) is 10.9. The van der Waals surface area contributed by atoms with Crippen LogP contribution in [0.3, 0.4) is 0 Å². The van der Waals surface area contributed by atoms with Crippen LogP contribution in [-0.4, -0.2) is 21.4 Å². The number of aromatic nitrogens is 2. The molecule has 0 bridgehead atoms. The second-order valence-electron chi connectivity index (χ2n) is 8.35. The van der Waals surface area contributed by atoms with E-state index in [1.807, 2.05) is 26.0 Å². The predicted octanol–water partition coefficient (Wildman–Crippen LogP) is 4.67. The fourth-order valence-corrected chi connectivity index (χ4v) is 4.13. The molecule has 0 aliphatic carbocycles. The highest BCUT2D eigenvalue weighted by Crippen LogP contribution is 2.35. The van der Waals surface area contributed by atoms with E-state index in [1.165, 1.54) is 41.1 Å². The van der Waals surface area contributed by atoms with Gasteiger partial charge in [-0.15, -0.1) is 0 Å². The van der Waals surface area contributed by atoms with E-state index >= 15 is 0 Å². The molecule has 5 rings (SSSR count). The Bertz CT molecular complexity index is 1580. The van der Waals surface area contributed by atoms with Crippen molar-refractivity contribution in [2.24, 2.45) is 0 Å². The highest BCUT2D eigenvalue weighted by molar-refractivity contribution is 6.35. The Kier molecular flexibility index (Phi) is 5.41. The molecular weight excluding hydrogens is 447 g/mol. The molecule has 2 aromatic heterocycles. The number of anilines is 2. The summed E-state index contributed by atoms with van der Waals surface area (Å²) in [6.07, 6.45) is 3.32. The van der Waals surface area contributed by atoms with E-state index in [0.29, 0.717) is 22.6 Å². The predicted molar refractivity (Wildman–Crippen MR) is 133 cm³/mol. The third kappa shape index (κ3) is 4.17. The average molecular weight is 468 g/mol. The number of H-pyrrole nitrogens is 1. The minimum Gasteiger partial charge on any atom is -0.359 e. The number of halogens is 1. The fourth-order valence-electron chi connectivity index (χ4n) is 4.13. The van der Waals surface area contributed by atoms with Crippen LogP contribution >= 0.6 is 0 Å². The molecule has 2 aromatic carbocycles. The van der Waals surface area contributed by atoms with Gasteiger partial charge in [-0.1, -0.05) is 6.07 Å². The number of hydrogen-bond donors (Lipinski definition) is 3. The zero-order valence-electron chi connectivity index (χ0n) is 19.0. The number of rotatable bonds is 4. The van der Waals surface area contributed by atoms with Gasteiger partial charge < -0.3 is 15.6 Å². The van der Waals surface area contributed by atoms with Gasteiger partial charge >= 0.3 is 0 Å². The van der Waals surface area contributed by atoms with Gasteiger partial charge in [-0.25, -0.2) is 4.39 Å². The summed E-state index contributed by atoms with van der Waals surface area (Å²) in [5, 5.41) is 5.54. The van der Waals surface area contributed by atoms with Crippen molar-refractivity contribution in [2.45, 2.75) is 13.8 Å². The Balaban J connectivity index is 1.41. The number of hydrogen-bond acceptors (Lipinski definition) is 3. The van der Waals surface area contributed by atoms with Crippen molar-refractivity contribution in [3.63, 3.8) is 0 Å². The molecule has 174 valence electrons.